The smallest absolute Gasteiger partial charge is 0.251 e. The maximum Gasteiger partial charge on any atom is 0.251 e. The Labute approximate surface area is 109 Å². The highest BCUT2D eigenvalue weighted by Gasteiger charge is 2.16. The van der Waals surface area contributed by atoms with Crippen LogP contribution in [0.5, 0.6) is 0 Å². The van der Waals surface area contributed by atoms with Crippen LogP contribution in [0.1, 0.15) is 41.8 Å². The van der Waals surface area contributed by atoms with Crippen molar-refractivity contribution >= 4 is 5.91 Å². The van der Waals surface area contributed by atoms with Gasteiger partial charge in [-0.15, -0.1) is 0 Å². The van der Waals surface area contributed by atoms with Crippen LogP contribution in [0.2, 0.25) is 0 Å². The lowest BCUT2D eigenvalue weighted by Crippen LogP contribution is -2.39. The van der Waals surface area contributed by atoms with Crippen LogP contribution in [0, 0.1) is 19.8 Å². The van der Waals surface area contributed by atoms with E-state index in [-0.39, 0.29) is 18.6 Å². The van der Waals surface area contributed by atoms with Crippen LogP contribution in [0.3, 0.4) is 0 Å². The van der Waals surface area contributed by atoms with E-state index in [1.54, 1.807) is 0 Å². The summed E-state index contributed by atoms with van der Waals surface area (Å²) in [5, 5.41) is 12.0. The van der Waals surface area contributed by atoms with E-state index in [9.17, 15) is 4.79 Å². The molecule has 2 N–H and O–H groups in total. The average molecular weight is 249 g/mol. The number of hydrogen-bond acceptors (Lipinski definition) is 2. The molecule has 1 aromatic carbocycles. The van der Waals surface area contributed by atoms with Crippen LogP contribution in [-0.4, -0.2) is 23.7 Å². The molecule has 0 fully saturated rings. The first-order chi connectivity index (χ1) is 8.43. The third kappa shape index (κ3) is 4.15. The van der Waals surface area contributed by atoms with Crippen LogP contribution in [-0.2, 0) is 0 Å². The van der Waals surface area contributed by atoms with Crippen molar-refractivity contribution in [1.82, 2.24) is 5.32 Å². The van der Waals surface area contributed by atoms with Gasteiger partial charge < -0.3 is 10.4 Å². The average Bonchev–Trinajstić information content (AvgIpc) is 2.26. The number of hydrogen-bond donors (Lipinski definition) is 2. The summed E-state index contributed by atoms with van der Waals surface area (Å²) < 4.78 is 0. The Morgan fingerprint density at radius 2 is 1.78 bits per heavy atom. The summed E-state index contributed by atoms with van der Waals surface area (Å²) >= 11 is 0. The Bertz CT molecular complexity index is 393. The van der Waals surface area contributed by atoms with Gasteiger partial charge in [0, 0.05) is 18.2 Å². The zero-order valence-electron chi connectivity index (χ0n) is 11.7. The first-order valence-electron chi connectivity index (χ1n) is 6.44. The maximum atomic E-state index is 12.1. The van der Waals surface area contributed by atoms with Gasteiger partial charge in [-0.25, -0.2) is 0 Å². The lowest BCUT2D eigenvalue weighted by molar-refractivity contribution is 0.0916. The van der Waals surface area contributed by atoms with Gasteiger partial charge in [-0.05, 0) is 38.3 Å². The standard InChI is InChI=1S/C15H23NO2/c1-10(2)14(5-6-17)16-15(18)13-8-11(3)7-12(4)9-13/h7-10,14,17H,5-6H2,1-4H3,(H,16,18). The highest BCUT2D eigenvalue weighted by atomic mass is 16.3. The van der Waals surface area contributed by atoms with Gasteiger partial charge in [-0.2, -0.15) is 0 Å². The zero-order chi connectivity index (χ0) is 13.7. The summed E-state index contributed by atoms with van der Waals surface area (Å²) in [7, 11) is 0. The molecule has 1 amide bonds. The summed E-state index contributed by atoms with van der Waals surface area (Å²) in [6.45, 7) is 8.15. The molecule has 100 valence electrons. The number of carbonyl (C=O) groups is 1. The van der Waals surface area contributed by atoms with Crippen molar-refractivity contribution in [2.45, 2.75) is 40.2 Å². The maximum absolute atomic E-state index is 12.1. The molecule has 3 heteroatoms. The van der Waals surface area contributed by atoms with Gasteiger partial charge in [-0.1, -0.05) is 31.0 Å². The van der Waals surface area contributed by atoms with Gasteiger partial charge >= 0.3 is 0 Å². The van der Waals surface area contributed by atoms with Gasteiger partial charge in [0.25, 0.3) is 5.91 Å². The minimum atomic E-state index is -0.0612. The van der Waals surface area contributed by atoms with Crippen molar-refractivity contribution in [3.63, 3.8) is 0 Å². The molecule has 1 aromatic rings. The molecule has 0 spiro atoms. The molecule has 0 saturated heterocycles. The van der Waals surface area contributed by atoms with E-state index in [2.05, 4.69) is 5.32 Å². The summed E-state index contributed by atoms with van der Waals surface area (Å²) in [6, 6.07) is 5.84. The minimum Gasteiger partial charge on any atom is -0.396 e. The molecule has 3 nitrogen and oxygen atoms in total. The highest BCUT2D eigenvalue weighted by Crippen LogP contribution is 2.11. The van der Waals surface area contributed by atoms with Crippen LogP contribution in [0.15, 0.2) is 18.2 Å². The second-order valence-electron chi connectivity index (χ2n) is 5.21. The number of carbonyl (C=O) groups excluding carboxylic acids is 1. The van der Waals surface area contributed by atoms with Crippen molar-refractivity contribution in [3.05, 3.63) is 34.9 Å². The van der Waals surface area contributed by atoms with Crippen LogP contribution in [0.25, 0.3) is 0 Å². The molecule has 1 rings (SSSR count). The zero-order valence-corrected chi connectivity index (χ0v) is 11.7. The largest absolute Gasteiger partial charge is 0.396 e. The monoisotopic (exact) mass is 249 g/mol. The van der Waals surface area contributed by atoms with Gasteiger partial charge in [0.05, 0.1) is 0 Å². The van der Waals surface area contributed by atoms with Crippen molar-refractivity contribution in [1.29, 1.82) is 0 Å². The van der Waals surface area contributed by atoms with E-state index < -0.39 is 0 Å². The van der Waals surface area contributed by atoms with Gasteiger partial charge in [-0.3, -0.25) is 4.79 Å². The molecule has 1 unspecified atom stereocenters. The fraction of sp³-hybridized carbons (Fsp3) is 0.533. The molecule has 18 heavy (non-hydrogen) atoms. The lowest BCUT2D eigenvalue weighted by atomic mass is 10.00. The Hall–Kier alpha value is -1.35. The molecule has 0 aromatic heterocycles. The number of aryl methyl sites for hydroxylation is 2. The molecule has 0 aliphatic heterocycles. The third-order valence-corrected chi connectivity index (χ3v) is 3.05. The van der Waals surface area contributed by atoms with E-state index >= 15 is 0 Å². The number of benzene rings is 1. The van der Waals surface area contributed by atoms with Crippen molar-refractivity contribution < 1.29 is 9.90 Å². The fourth-order valence-electron chi connectivity index (χ4n) is 2.07. The van der Waals surface area contributed by atoms with E-state index in [1.807, 2.05) is 45.9 Å². The summed E-state index contributed by atoms with van der Waals surface area (Å²) in [5.41, 5.74) is 2.86. The number of nitrogens with one attached hydrogen (secondary N) is 1. The molecule has 0 aliphatic carbocycles. The number of amides is 1. The number of rotatable bonds is 5. The van der Waals surface area contributed by atoms with Gasteiger partial charge in [0.15, 0.2) is 0 Å². The highest BCUT2D eigenvalue weighted by molar-refractivity contribution is 5.94. The molecule has 0 saturated carbocycles. The minimum absolute atomic E-state index is 0.0170. The number of aliphatic hydroxyl groups excluding tert-OH is 1. The molecule has 1 atom stereocenters. The molecule has 0 aliphatic rings. The first-order valence-corrected chi connectivity index (χ1v) is 6.44. The summed E-state index contributed by atoms with van der Waals surface area (Å²) in [4.78, 5) is 12.1. The van der Waals surface area contributed by atoms with E-state index in [4.69, 9.17) is 5.11 Å². The normalized spacial score (nSPS) is 12.6. The Morgan fingerprint density at radius 1 is 1.22 bits per heavy atom. The van der Waals surface area contributed by atoms with Crippen molar-refractivity contribution in [2.24, 2.45) is 5.92 Å². The molecular weight excluding hydrogens is 226 g/mol. The van der Waals surface area contributed by atoms with Crippen LogP contribution in [0.4, 0.5) is 0 Å². The van der Waals surface area contributed by atoms with E-state index in [0.29, 0.717) is 17.9 Å². The summed E-state index contributed by atoms with van der Waals surface area (Å²) in [6.07, 6.45) is 0.591. The van der Waals surface area contributed by atoms with Gasteiger partial charge in [0.1, 0.15) is 0 Å². The van der Waals surface area contributed by atoms with E-state index in [0.717, 1.165) is 11.1 Å². The lowest BCUT2D eigenvalue weighted by Gasteiger charge is -2.21. The second kappa shape index (κ2) is 6.55. The second-order valence-corrected chi connectivity index (χ2v) is 5.21. The first kappa shape index (κ1) is 14.7. The Balaban J connectivity index is 2.80. The van der Waals surface area contributed by atoms with Gasteiger partial charge in [0.2, 0.25) is 0 Å². The van der Waals surface area contributed by atoms with Crippen molar-refractivity contribution in [2.75, 3.05) is 6.61 Å². The molecule has 0 heterocycles. The third-order valence-electron chi connectivity index (χ3n) is 3.05. The molecular formula is C15H23NO2. The Kier molecular flexibility index (Phi) is 5.35. The fourth-order valence-corrected chi connectivity index (χ4v) is 2.07. The Morgan fingerprint density at radius 3 is 2.22 bits per heavy atom. The quantitative estimate of drug-likeness (QED) is 0.842. The molecule has 0 bridgehead atoms. The predicted octanol–water partition coefficient (Wildman–Crippen LogP) is 2.44. The predicted molar refractivity (Wildman–Crippen MR) is 73.7 cm³/mol. The summed E-state index contributed by atoms with van der Waals surface area (Å²) in [5.74, 6) is 0.251. The molecule has 0 radical (unpaired) electrons. The van der Waals surface area contributed by atoms with E-state index in [1.165, 1.54) is 0 Å². The SMILES string of the molecule is Cc1cc(C)cc(C(=O)NC(CCO)C(C)C)c1. The number of aliphatic hydroxyl groups is 1. The topological polar surface area (TPSA) is 49.3 Å². The van der Waals surface area contributed by atoms with Crippen molar-refractivity contribution in [3.8, 4) is 0 Å². The van der Waals surface area contributed by atoms with Crippen LogP contribution < -0.4 is 5.32 Å². The van der Waals surface area contributed by atoms with Crippen LogP contribution >= 0.6 is 0 Å².